The van der Waals surface area contributed by atoms with Crippen LogP contribution in [0, 0.1) is 0 Å². The number of esters is 1. The first kappa shape index (κ1) is 51.6. The summed E-state index contributed by atoms with van der Waals surface area (Å²) in [6.07, 6.45) is 43.8. The normalized spacial score (nSPS) is 14.1. The van der Waals surface area contributed by atoms with Crippen molar-refractivity contribution in [1.29, 1.82) is 0 Å². The van der Waals surface area contributed by atoms with Gasteiger partial charge in [0, 0.05) is 6.42 Å². The Labute approximate surface area is 327 Å². The second-order valence-corrected chi connectivity index (χ2v) is 17.2. The molecule has 0 aliphatic heterocycles. The van der Waals surface area contributed by atoms with Crippen molar-refractivity contribution in [3.05, 3.63) is 36.6 Å². The van der Waals surface area contributed by atoms with Gasteiger partial charge < -0.3 is 27.9 Å². The fourth-order valence-corrected chi connectivity index (χ4v) is 6.52. The first-order valence-corrected chi connectivity index (χ1v) is 23.2. The third-order valence-electron chi connectivity index (χ3n) is 9.23. The molecule has 0 saturated carbocycles. The smallest absolute Gasteiger partial charge is 0.306 e. The molecule has 0 rings (SSSR count). The highest BCUT2D eigenvalue weighted by molar-refractivity contribution is 7.45. The van der Waals surface area contributed by atoms with Gasteiger partial charge in [0.05, 0.1) is 34.0 Å². The number of hydrogen-bond donors (Lipinski definition) is 0. The summed E-state index contributed by atoms with van der Waals surface area (Å²) in [5.41, 5.74) is 0. The van der Waals surface area contributed by atoms with Crippen molar-refractivity contribution in [1.82, 2.24) is 0 Å². The van der Waals surface area contributed by atoms with Gasteiger partial charge in [0.1, 0.15) is 19.8 Å². The van der Waals surface area contributed by atoms with Gasteiger partial charge >= 0.3 is 5.97 Å². The topological polar surface area (TPSA) is 94.1 Å². The highest BCUT2D eigenvalue weighted by Gasteiger charge is 2.20. The van der Waals surface area contributed by atoms with E-state index in [9.17, 15) is 14.3 Å². The fourth-order valence-electron chi connectivity index (χ4n) is 5.79. The van der Waals surface area contributed by atoms with Crippen LogP contribution in [0.5, 0.6) is 0 Å². The monoisotopic (exact) mass is 770 g/mol. The number of unbranched alkanes of at least 4 members (excludes halogenated alkanes) is 22. The Kier molecular flexibility index (Phi) is 36.5. The molecule has 2 atom stereocenters. The average Bonchev–Trinajstić information content (AvgIpc) is 3.11. The zero-order valence-electron chi connectivity index (χ0n) is 35.2. The molecule has 53 heavy (non-hydrogen) atoms. The molecule has 0 amide bonds. The van der Waals surface area contributed by atoms with Crippen LogP contribution in [-0.4, -0.2) is 64.1 Å². The number of phosphoric acid groups is 1. The molecule has 0 aliphatic rings. The lowest BCUT2D eigenvalue weighted by molar-refractivity contribution is -0.870. The standard InChI is InChI=1S/C44H84NO7P/c1-6-8-10-12-14-16-18-20-22-24-26-28-30-32-34-36-39-49-41-43(42-51-53(47,48)50-40-38-45(3,4)5)52-44(46)37-35-33-31-29-27-25-23-21-19-17-15-13-11-9-7-2/h16-19,36,39,43H,6-15,20-35,37-38,40-42H2,1-5H3/b18-16-,19-17-,39-36-/t43-/m1/s1. The summed E-state index contributed by atoms with van der Waals surface area (Å²) in [4.78, 5) is 25.0. The minimum atomic E-state index is -4.54. The van der Waals surface area contributed by atoms with Gasteiger partial charge in [0.2, 0.25) is 0 Å². The van der Waals surface area contributed by atoms with Crippen LogP contribution in [0.1, 0.15) is 187 Å². The predicted molar refractivity (Wildman–Crippen MR) is 222 cm³/mol. The van der Waals surface area contributed by atoms with Gasteiger partial charge in [0.25, 0.3) is 7.82 Å². The van der Waals surface area contributed by atoms with E-state index in [0.29, 0.717) is 17.4 Å². The Bertz CT molecular complexity index is 947. The minimum Gasteiger partial charge on any atom is -0.756 e. The summed E-state index contributed by atoms with van der Waals surface area (Å²) in [6, 6.07) is 0. The maximum Gasteiger partial charge on any atom is 0.306 e. The zero-order chi connectivity index (χ0) is 39.1. The number of phosphoric ester groups is 1. The highest BCUT2D eigenvalue weighted by atomic mass is 31.2. The van der Waals surface area contributed by atoms with Crippen LogP contribution in [0.2, 0.25) is 0 Å². The average molecular weight is 770 g/mol. The molecular weight excluding hydrogens is 685 g/mol. The number of nitrogens with zero attached hydrogens (tertiary/aromatic N) is 1. The lowest BCUT2D eigenvalue weighted by Crippen LogP contribution is -2.37. The van der Waals surface area contributed by atoms with Gasteiger partial charge in [-0.05, 0) is 76.7 Å². The summed E-state index contributed by atoms with van der Waals surface area (Å²) in [6.45, 7) is 4.70. The molecule has 1 unspecified atom stereocenters. The van der Waals surface area contributed by atoms with Crippen LogP contribution in [0.15, 0.2) is 36.6 Å². The molecule has 8 nitrogen and oxygen atoms in total. The molecule has 0 aromatic carbocycles. The summed E-state index contributed by atoms with van der Waals surface area (Å²) >= 11 is 0. The molecule has 0 aliphatic carbocycles. The molecule has 0 radical (unpaired) electrons. The maximum atomic E-state index is 12.6. The molecule has 0 aromatic heterocycles. The second kappa shape index (κ2) is 37.5. The molecule has 0 fully saturated rings. The molecule has 312 valence electrons. The third kappa shape index (κ3) is 41.6. The zero-order valence-corrected chi connectivity index (χ0v) is 36.1. The van der Waals surface area contributed by atoms with Crippen molar-refractivity contribution in [3.8, 4) is 0 Å². The number of hydrogen-bond acceptors (Lipinski definition) is 7. The van der Waals surface area contributed by atoms with E-state index >= 15 is 0 Å². The number of quaternary nitrogens is 1. The first-order chi connectivity index (χ1) is 25.6. The van der Waals surface area contributed by atoms with Crippen LogP contribution in [-0.2, 0) is 27.9 Å². The van der Waals surface area contributed by atoms with E-state index in [2.05, 4.69) is 38.2 Å². The Hall–Kier alpha value is -1.44. The molecule has 0 bridgehead atoms. The highest BCUT2D eigenvalue weighted by Crippen LogP contribution is 2.38. The Balaban J connectivity index is 4.31. The van der Waals surface area contributed by atoms with Crippen LogP contribution < -0.4 is 4.89 Å². The van der Waals surface area contributed by atoms with E-state index in [0.717, 1.165) is 32.1 Å². The summed E-state index contributed by atoms with van der Waals surface area (Å²) in [5, 5.41) is 0. The van der Waals surface area contributed by atoms with Crippen molar-refractivity contribution in [2.45, 2.75) is 193 Å². The summed E-state index contributed by atoms with van der Waals surface area (Å²) < 4.78 is 34.3. The molecule has 0 N–H and O–H groups in total. The van der Waals surface area contributed by atoms with Gasteiger partial charge in [-0.1, -0.05) is 134 Å². The van der Waals surface area contributed by atoms with E-state index in [1.54, 1.807) is 6.26 Å². The molecule has 9 heteroatoms. The third-order valence-corrected chi connectivity index (χ3v) is 10.2. The minimum absolute atomic E-state index is 0.0147. The summed E-state index contributed by atoms with van der Waals surface area (Å²) in [5.74, 6) is -0.363. The van der Waals surface area contributed by atoms with E-state index < -0.39 is 13.9 Å². The number of likely N-dealkylation sites (N-methyl/N-ethyl adjacent to an activating group) is 1. The number of carbonyl (C=O) groups excluding carboxylic acids is 1. The molecule has 0 spiro atoms. The second-order valence-electron chi connectivity index (χ2n) is 15.8. The van der Waals surface area contributed by atoms with Crippen LogP contribution in [0.4, 0.5) is 0 Å². The quantitative estimate of drug-likeness (QED) is 0.0153. The number of ether oxygens (including phenoxy) is 2. The summed E-state index contributed by atoms with van der Waals surface area (Å²) in [7, 11) is 1.32. The fraction of sp³-hybridized carbons (Fsp3) is 0.841. The first-order valence-electron chi connectivity index (χ1n) is 21.8. The van der Waals surface area contributed by atoms with Crippen molar-refractivity contribution >= 4 is 13.8 Å². The molecule has 0 heterocycles. The van der Waals surface area contributed by atoms with Crippen LogP contribution in [0.3, 0.4) is 0 Å². The Morgan fingerprint density at radius 1 is 0.585 bits per heavy atom. The van der Waals surface area contributed by atoms with Crippen molar-refractivity contribution in [2.24, 2.45) is 0 Å². The lowest BCUT2D eigenvalue weighted by atomic mass is 10.1. The van der Waals surface area contributed by atoms with Crippen molar-refractivity contribution in [2.75, 3.05) is 47.5 Å². The van der Waals surface area contributed by atoms with Crippen LogP contribution >= 0.6 is 7.82 Å². The van der Waals surface area contributed by atoms with Crippen LogP contribution in [0.25, 0.3) is 0 Å². The number of allylic oxidation sites excluding steroid dienone is 5. The SMILES string of the molecule is CCCCCC/C=C\CCCCCCCC/C=C\OC[C@H](COP(=O)([O-])OCC[N+](C)(C)C)OC(=O)CCCCCCCCC/C=C\CCCCCC. The van der Waals surface area contributed by atoms with Gasteiger partial charge in [-0.2, -0.15) is 0 Å². The molecular formula is C44H84NO7P. The predicted octanol–water partition coefficient (Wildman–Crippen LogP) is 12.3. The Morgan fingerprint density at radius 2 is 1.00 bits per heavy atom. The van der Waals surface area contributed by atoms with E-state index in [-0.39, 0.29) is 25.8 Å². The largest absolute Gasteiger partial charge is 0.756 e. The molecule has 0 aromatic rings. The van der Waals surface area contributed by atoms with Gasteiger partial charge in [-0.3, -0.25) is 9.36 Å². The van der Waals surface area contributed by atoms with Gasteiger partial charge in [-0.15, -0.1) is 0 Å². The van der Waals surface area contributed by atoms with Gasteiger partial charge in [0.15, 0.2) is 6.10 Å². The van der Waals surface area contributed by atoms with Crippen molar-refractivity contribution in [3.63, 3.8) is 0 Å². The molecule has 0 saturated heterocycles. The lowest BCUT2D eigenvalue weighted by Gasteiger charge is -2.28. The Morgan fingerprint density at radius 3 is 1.45 bits per heavy atom. The van der Waals surface area contributed by atoms with Crippen molar-refractivity contribution < 1.29 is 37.3 Å². The van der Waals surface area contributed by atoms with E-state index in [1.807, 2.05) is 27.2 Å². The number of carbonyl (C=O) groups is 1. The van der Waals surface area contributed by atoms with E-state index in [1.165, 1.54) is 135 Å². The maximum absolute atomic E-state index is 12.6. The van der Waals surface area contributed by atoms with Gasteiger partial charge in [-0.25, -0.2) is 0 Å². The van der Waals surface area contributed by atoms with E-state index in [4.69, 9.17) is 18.5 Å². The number of rotatable bonds is 40.